The van der Waals surface area contributed by atoms with Crippen LogP contribution in [0.15, 0.2) is 30.3 Å². The van der Waals surface area contributed by atoms with Crippen LogP contribution in [-0.4, -0.2) is 35.5 Å². The van der Waals surface area contributed by atoms with Gasteiger partial charge in [0.15, 0.2) is 0 Å². The van der Waals surface area contributed by atoms with E-state index in [1.807, 2.05) is 0 Å². The highest BCUT2D eigenvalue weighted by molar-refractivity contribution is 5.92. The van der Waals surface area contributed by atoms with Crippen LogP contribution < -0.4 is 10.9 Å². The Labute approximate surface area is 117 Å². The van der Waals surface area contributed by atoms with Gasteiger partial charge < -0.3 is 9.84 Å². The highest BCUT2D eigenvalue weighted by Crippen LogP contribution is 2.31. The number of nitrogens with two attached hydrogens (primary N) is 1. The maximum absolute atomic E-state index is 12.8. The largest absolute Gasteiger partial charge is 0.472 e. The Bertz CT molecular complexity index is 519. The van der Waals surface area contributed by atoms with Crippen LogP contribution in [0, 0.1) is 0 Å². The number of aliphatic hydroxyl groups is 1. The van der Waals surface area contributed by atoms with E-state index in [9.17, 15) is 23.1 Å². The fourth-order valence-electron chi connectivity index (χ4n) is 1.25. The van der Waals surface area contributed by atoms with Gasteiger partial charge in [-0.15, -0.1) is 0 Å². The van der Waals surface area contributed by atoms with Gasteiger partial charge in [-0.3, -0.25) is 10.6 Å². The van der Waals surface area contributed by atoms with E-state index in [-0.39, 0.29) is 12.4 Å². The van der Waals surface area contributed by atoms with Crippen LogP contribution in [-0.2, 0) is 14.4 Å². The zero-order valence-electron chi connectivity index (χ0n) is 11.0. The third-order valence-corrected chi connectivity index (χ3v) is 2.33. The number of ether oxygens (including phenoxy) is 1. The highest BCUT2D eigenvalue weighted by atomic mass is 19.4. The second-order valence-electron chi connectivity index (χ2n) is 3.85. The molecule has 0 aromatic heterocycles. The van der Waals surface area contributed by atoms with Gasteiger partial charge in [0.05, 0.1) is 12.2 Å². The number of carbonyl (C=O) groups is 1. The van der Waals surface area contributed by atoms with Crippen molar-refractivity contribution < 1.29 is 37.8 Å². The maximum atomic E-state index is 12.8. The van der Waals surface area contributed by atoms with Gasteiger partial charge in [-0.1, -0.05) is 23.4 Å². The summed E-state index contributed by atoms with van der Waals surface area (Å²) >= 11 is 0. The minimum absolute atomic E-state index is 0.311. The van der Waals surface area contributed by atoms with Crippen molar-refractivity contribution in [1.29, 1.82) is 0 Å². The van der Waals surface area contributed by atoms with Crippen LogP contribution >= 0.6 is 0 Å². The molecule has 0 spiro atoms. The lowest BCUT2D eigenvalue weighted by atomic mass is 10.2. The summed E-state index contributed by atoms with van der Waals surface area (Å²) in [6.07, 6.45) is -5.41. The van der Waals surface area contributed by atoms with E-state index in [1.54, 1.807) is 23.4 Å². The average molecular weight is 307 g/mol. The quantitative estimate of drug-likeness (QED) is 0.218. The number of hydrogen-bond donors (Lipinski definition) is 3. The highest BCUT2D eigenvalue weighted by Gasteiger charge is 2.66. The first-order chi connectivity index (χ1) is 9.72. The molecule has 0 amide bonds. The van der Waals surface area contributed by atoms with E-state index in [0.717, 1.165) is 0 Å². The van der Waals surface area contributed by atoms with E-state index in [1.165, 1.54) is 19.1 Å². The molecule has 0 heterocycles. The van der Waals surface area contributed by atoms with Crippen LogP contribution in [0.3, 0.4) is 0 Å². The summed E-state index contributed by atoms with van der Waals surface area (Å²) in [6, 6.07) is 7.82. The zero-order chi connectivity index (χ0) is 16.1. The first-order valence-corrected chi connectivity index (χ1v) is 5.80. The molecule has 0 saturated heterocycles. The summed E-state index contributed by atoms with van der Waals surface area (Å²) in [7, 11) is 0. The summed E-state index contributed by atoms with van der Waals surface area (Å²) in [5.74, 6) is -6.48. The van der Waals surface area contributed by atoms with E-state index >= 15 is 0 Å². The van der Waals surface area contributed by atoms with Gasteiger partial charge in [-0.25, -0.2) is 4.79 Å². The topological polar surface area (TPSA) is 95.8 Å². The number of nitrogen functional groups attached to an aromatic ring is 1. The molecule has 0 bridgehead atoms. The number of benzene rings is 1. The predicted octanol–water partition coefficient (Wildman–Crippen LogP) is -0.782. The lowest BCUT2D eigenvalue weighted by Crippen LogP contribution is -2.81. The minimum Gasteiger partial charge on any atom is -0.461 e. The minimum atomic E-state index is -5.41. The smallest absolute Gasteiger partial charge is 0.461 e. The second kappa shape index (κ2) is 6.44. The summed E-state index contributed by atoms with van der Waals surface area (Å²) < 4.78 is 42.4. The molecule has 0 aliphatic carbocycles. The maximum Gasteiger partial charge on any atom is 0.472 e. The number of alkyl halides is 3. The molecule has 0 saturated carbocycles. The van der Waals surface area contributed by atoms with Crippen LogP contribution in [0.5, 0.6) is 0 Å². The number of rotatable bonds is 5. The third kappa shape index (κ3) is 3.85. The number of nitrogens with one attached hydrogen (secondary N) is 1. The van der Waals surface area contributed by atoms with Gasteiger partial charge in [-0.2, -0.15) is 13.2 Å². The molecule has 1 aromatic carbocycles. The Morgan fingerprint density at radius 3 is 2.38 bits per heavy atom. The van der Waals surface area contributed by atoms with Gasteiger partial charge in [0.1, 0.15) is 0 Å². The number of hydrogen-bond acceptors (Lipinski definition) is 4. The van der Waals surface area contributed by atoms with Crippen LogP contribution in [0.4, 0.5) is 13.2 Å². The molecule has 21 heavy (non-hydrogen) atoms. The lowest BCUT2D eigenvalue weighted by molar-refractivity contribution is -0.797. The predicted molar refractivity (Wildman–Crippen MR) is 64.4 cm³/mol. The molecule has 6 nitrogen and oxygen atoms in total. The Morgan fingerprint density at radius 1 is 1.33 bits per heavy atom. The summed E-state index contributed by atoms with van der Waals surface area (Å²) in [5.41, 5.74) is 5.78. The van der Waals surface area contributed by atoms with Crippen LogP contribution in [0.2, 0.25) is 0 Å². The number of carbonyl (C=O) groups excluding carboxylic acids is 1. The number of halogens is 3. The van der Waals surface area contributed by atoms with Crippen LogP contribution in [0.1, 0.15) is 12.5 Å². The van der Waals surface area contributed by atoms with Gasteiger partial charge in [0, 0.05) is 0 Å². The molecule has 9 heteroatoms. The summed E-state index contributed by atoms with van der Waals surface area (Å²) in [6.45, 7) is 0.922. The molecule has 116 valence electrons. The van der Waals surface area contributed by atoms with Crippen molar-refractivity contribution in [2.24, 2.45) is 5.73 Å². The van der Waals surface area contributed by atoms with E-state index in [2.05, 4.69) is 9.57 Å². The van der Waals surface area contributed by atoms with Crippen molar-refractivity contribution in [1.82, 2.24) is 0 Å². The molecule has 1 rings (SSSR count). The molecule has 1 atom stereocenters. The molecule has 0 radical (unpaired) electrons. The number of esters is 1. The summed E-state index contributed by atoms with van der Waals surface area (Å²) in [4.78, 5) is 15.3. The van der Waals surface area contributed by atoms with Crippen molar-refractivity contribution in [2.45, 2.75) is 18.9 Å². The SMILES string of the molecule is CCOC(=O)C(O)(O[NH+]=C(N)c1ccccc1)C(F)(F)F. The second-order valence-corrected chi connectivity index (χ2v) is 3.85. The van der Waals surface area contributed by atoms with E-state index in [4.69, 9.17) is 5.73 Å². The molecule has 0 aliphatic rings. The van der Waals surface area contributed by atoms with Gasteiger partial charge in [-0.05, 0) is 19.1 Å². The van der Waals surface area contributed by atoms with Gasteiger partial charge >= 0.3 is 23.8 Å². The molecule has 1 unspecified atom stereocenters. The first-order valence-electron chi connectivity index (χ1n) is 5.80. The molecule has 1 aromatic rings. The van der Waals surface area contributed by atoms with Crippen molar-refractivity contribution in [3.8, 4) is 0 Å². The van der Waals surface area contributed by atoms with E-state index in [0.29, 0.717) is 5.56 Å². The third-order valence-electron chi connectivity index (χ3n) is 2.33. The first kappa shape index (κ1) is 16.8. The Balaban J connectivity index is 3.01. The monoisotopic (exact) mass is 307 g/mol. The van der Waals surface area contributed by atoms with Gasteiger partial charge in [0.25, 0.3) is 0 Å². The molecule has 0 fully saturated rings. The van der Waals surface area contributed by atoms with Crippen molar-refractivity contribution in [3.05, 3.63) is 35.9 Å². The lowest BCUT2D eigenvalue weighted by Gasteiger charge is -2.23. The van der Waals surface area contributed by atoms with Crippen molar-refractivity contribution in [3.63, 3.8) is 0 Å². The average Bonchev–Trinajstić information content (AvgIpc) is 2.44. The standard InChI is InChI=1S/C12H13F3N2O4/c1-2-20-10(18)11(19,12(13,14)15)21-17-9(16)8-6-4-3-5-7-8/h3-7,19H,2H2,1H3,(H2,16,17)/p+1. The number of amidine groups is 1. The van der Waals surface area contributed by atoms with Gasteiger partial charge in [0.2, 0.25) is 0 Å². The Kier molecular flexibility index (Phi) is 5.14. The molecule has 0 aliphatic heterocycles. The fourth-order valence-corrected chi connectivity index (χ4v) is 1.25. The Morgan fingerprint density at radius 2 is 1.90 bits per heavy atom. The van der Waals surface area contributed by atoms with Crippen LogP contribution in [0.25, 0.3) is 0 Å². The van der Waals surface area contributed by atoms with Crippen molar-refractivity contribution >= 4 is 11.8 Å². The van der Waals surface area contributed by atoms with Crippen molar-refractivity contribution in [2.75, 3.05) is 6.61 Å². The zero-order valence-corrected chi connectivity index (χ0v) is 11.0. The normalized spacial score (nSPS) is 15.2. The van der Waals surface area contributed by atoms with E-state index < -0.39 is 17.9 Å². The Hall–Kier alpha value is -2.29. The summed E-state index contributed by atoms with van der Waals surface area (Å²) in [5, 5.41) is 11.1. The molecular formula is C12H14F3N2O4+. The molecule has 4 N–H and O–H groups in total. The molecular weight excluding hydrogens is 293 g/mol. The fraction of sp³-hybridized carbons (Fsp3) is 0.333.